The molecule has 3 nitrogen and oxygen atoms in total. The molecular weight excluding hydrogens is 336 g/mol. The molecule has 0 spiro atoms. The Balaban J connectivity index is 1.65. The number of nitrogens with one attached hydrogen (secondary N) is 1. The van der Waals surface area contributed by atoms with Crippen LogP contribution < -0.4 is 10.1 Å². The summed E-state index contributed by atoms with van der Waals surface area (Å²) in [6.07, 6.45) is 0. The van der Waals surface area contributed by atoms with Crippen LogP contribution in [0.1, 0.15) is 10.6 Å². The first-order chi connectivity index (χ1) is 11.7. The number of benzene rings is 2. The quantitative estimate of drug-likeness (QED) is 0.661. The van der Waals surface area contributed by atoms with Gasteiger partial charge < -0.3 is 10.1 Å². The van der Waals surface area contributed by atoms with Crippen LogP contribution in [0.4, 0.5) is 5.69 Å². The van der Waals surface area contributed by atoms with Crippen molar-refractivity contribution in [3.63, 3.8) is 0 Å². The van der Waals surface area contributed by atoms with Crippen LogP contribution in [0.25, 0.3) is 16.3 Å². The van der Waals surface area contributed by atoms with E-state index in [0.29, 0.717) is 0 Å². The highest BCUT2D eigenvalue weighted by atomic mass is 32.2. The highest BCUT2D eigenvalue weighted by Crippen LogP contribution is 2.40. The summed E-state index contributed by atoms with van der Waals surface area (Å²) < 4.78 is 5.22. The zero-order valence-electron chi connectivity index (χ0n) is 13.4. The molecule has 0 atom stereocenters. The molecule has 2 aromatic carbocycles. The molecule has 0 aliphatic carbocycles. The van der Waals surface area contributed by atoms with Gasteiger partial charge in [0.25, 0.3) is 0 Å². The van der Waals surface area contributed by atoms with Crippen molar-refractivity contribution in [2.24, 2.45) is 0 Å². The van der Waals surface area contributed by atoms with Crippen LogP contribution in [0.15, 0.2) is 58.8 Å². The van der Waals surface area contributed by atoms with E-state index in [-0.39, 0.29) is 0 Å². The minimum Gasteiger partial charge on any atom is -0.497 e. The average molecular weight is 352 g/mol. The minimum absolute atomic E-state index is 0.858. The fourth-order valence-corrected chi connectivity index (χ4v) is 4.53. The third-order valence-electron chi connectivity index (χ3n) is 3.84. The van der Waals surface area contributed by atoms with Crippen molar-refractivity contribution in [1.82, 2.24) is 4.98 Å². The standard InChI is InChI=1S/C19H16N2OS2/c1-12-18(16-11-23-17-6-4-3-5-15(17)21-16)24-19(20-12)13-7-9-14(22-2)10-8-13/h3-11,21H,1-2H3. The van der Waals surface area contributed by atoms with Gasteiger partial charge in [-0.25, -0.2) is 4.98 Å². The number of aryl methyl sites for hydroxylation is 1. The number of anilines is 1. The van der Waals surface area contributed by atoms with Crippen LogP contribution >= 0.6 is 23.1 Å². The van der Waals surface area contributed by atoms with Gasteiger partial charge in [-0.2, -0.15) is 0 Å². The Kier molecular flexibility index (Phi) is 4.04. The number of methoxy groups -OCH3 is 1. The molecule has 0 fully saturated rings. The van der Waals surface area contributed by atoms with Crippen molar-refractivity contribution in [2.75, 3.05) is 12.4 Å². The normalized spacial score (nSPS) is 13.0. The Hall–Kier alpha value is -2.24. The van der Waals surface area contributed by atoms with Gasteiger partial charge in [0.2, 0.25) is 0 Å². The number of hydrogen-bond acceptors (Lipinski definition) is 5. The van der Waals surface area contributed by atoms with Gasteiger partial charge in [0, 0.05) is 15.9 Å². The zero-order chi connectivity index (χ0) is 16.5. The summed E-state index contributed by atoms with van der Waals surface area (Å²) in [6.45, 7) is 2.06. The van der Waals surface area contributed by atoms with E-state index in [0.717, 1.165) is 33.4 Å². The second kappa shape index (κ2) is 6.34. The Morgan fingerprint density at radius 1 is 1.04 bits per heavy atom. The maximum atomic E-state index is 5.22. The van der Waals surface area contributed by atoms with Crippen LogP contribution in [0, 0.1) is 6.92 Å². The number of hydrogen-bond donors (Lipinski definition) is 1. The fourth-order valence-electron chi connectivity index (χ4n) is 2.58. The van der Waals surface area contributed by atoms with E-state index in [1.165, 1.54) is 9.77 Å². The predicted molar refractivity (Wildman–Crippen MR) is 103 cm³/mol. The molecule has 3 aromatic rings. The van der Waals surface area contributed by atoms with Crippen molar-refractivity contribution >= 4 is 34.5 Å². The van der Waals surface area contributed by atoms with Crippen LogP contribution in [-0.4, -0.2) is 12.1 Å². The maximum absolute atomic E-state index is 5.22. The van der Waals surface area contributed by atoms with Crippen LogP contribution in [0.3, 0.4) is 0 Å². The lowest BCUT2D eigenvalue weighted by Gasteiger charge is -2.17. The van der Waals surface area contributed by atoms with Crippen LogP contribution in [0.5, 0.6) is 5.75 Å². The summed E-state index contributed by atoms with van der Waals surface area (Å²) in [5, 5.41) is 6.72. The van der Waals surface area contributed by atoms with Gasteiger partial charge in [-0.15, -0.1) is 11.3 Å². The lowest BCUT2D eigenvalue weighted by Crippen LogP contribution is -2.02. The highest BCUT2D eigenvalue weighted by Gasteiger charge is 2.17. The van der Waals surface area contributed by atoms with Crippen molar-refractivity contribution < 1.29 is 4.74 Å². The summed E-state index contributed by atoms with van der Waals surface area (Å²) in [5.41, 5.74) is 4.43. The molecule has 0 radical (unpaired) electrons. The van der Waals surface area contributed by atoms with E-state index in [1.807, 2.05) is 24.3 Å². The molecule has 4 rings (SSSR count). The number of rotatable bonds is 3. The second-order valence-corrected chi connectivity index (χ2v) is 7.34. The third-order valence-corrected chi connectivity index (χ3v) is 6.04. The van der Waals surface area contributed by atoms with E-state index < -0.39 is 0 Å². The molecule has 5 heteroatoms. The van der Waals surface area contributed by atoms with E-state index >= 15 is 0 Å². The van der Waals surface area contributed by atoms with Gasteiger partial charge in [-0.1, -0.05) is 23.9 Å². The Morgan fingerprint density at radius 2 is 1.83 bits per heavy atom. The molecule has 2 heterocycles. The number of thiazole rings is 1. The smallest absolute Gasteiger partial charge is 0.124 e. The topological polar surface area (TPSA) is 34.1 Å². The average Bonchev–Trinajstić information content (AvgIpc) is 3.03. The van der Waals surface area contributed by atoms with Crippen molar-refractivity contribution in [1.29, 1.82) is 0 Å². The molecule has 0 bridgehead atoms. The van der Waals surface area contributed by atoms with E-state index in [2.05, 4.69) is 41.9 Å². The molecular formula is C19H16N2OS2. The Morgan fingerprint density at radius 3 is 2.62 bits per heavy atom. The summed E-state index contributed by atoms with van der Waals surface area (Å²) in [4.78, 5) is 7.19. The SMILES string of the molecule is COc1ccc(-c2nc(C)c(C3=CSc4ccccc4N3)s2)cc1. The maximum Gasteiger partial charge on any atom is 0.124 e. The van der Waals surface area contributed by atoms with Crippen LogP contribution in [-0.2, 0) is 0 Å². The van der Waals surface area contributed by atoms with Crippen molar-refractivity contribution in [3.8, 4) is 16.3 Å². The summed E-state index contributed by atoms with van der Waals surface area (Å²) in [5.74, 6) is 0.858. The molecule has 1 aromatic heterocycles. The van der Waals surface area contributed by atoms with Crippen LogP contribution in [0.2, 0.25) is 0 Å². The monoisotopic (exact) mass is 352 g/mol. The molecule has 0 saturated carbocycles. The first kappa shape index (κ1) is 15.3. The number of nitrogens with zero attached hydrogens (tertiary/aromatic N) is 1. The molecule has 120 valence electrons. The zero-order valence-corrected chi connectivity index (χ0v) is 15.0. The van der Waals surface area contributed by atoms with Crippen molar-refractivity contribution in [2.45, 2.75) is 11.8 Å². The van der Waals surface area contributed by atoms with Gasteiger partial charge in [0.05, 0.1) is 29.1 Å². The number of para-hydroxylation sites is 1. The lowest BCUT2D eigenvalue weighted by molar-refractivity contribution is 0.415. The van der Waals surface area contributed by atoms with E-state index in [4.69, 9.17) is 9.72 Å². The first-order valence-electron chi connectivity index (χ1n) is 7.60. The van der Waals surface area contributed by atoms with Gasteiger partial charge in [0.1, 0.15) is 10.8 Å². The Labute approximate surface area is 149 Å². The summed E-state index contributed by atoms with van der Waals surface area (Å²) in [6, 6.07) is 16.4. The number of thioether (sulfide) groups is 1. The van der Waals surface area contributed by atoms with Gasteiger partial charge in [-0.3, -0.25) is 0 Å². The highest BCUT2D eigenvalue weighted by molar-refractivity contribution is 8.02. The number of fused-ring (bicyclic) bond motifs is 1. The lowest BCUT2D eigenvalue weighted by atomic mass is 10.2. The third kappa shape index (κ3) is 2.81. The Bertz CT molecular complexity index is 913. The second-order valence-electron chi connectivity index (χ2n) is 5.43. The molecule has 1 N–H and O–H groups in total. The summed E-state index contributed by atoms with van der Waals surface area (Å²) in [7, 11) is 1.68. The molecule has 0 unspecified atom stereocenters. The predicted octanol–water partition coefficient (Wildman–Crippen LogP) is 5.64. The number of ether oxygens (including phenoxy) is 1. The largest absolute Gasteiger partial charge is 0.497 e. The van der Waals surface area contributed by atoms with Gasteiger partial charge in [0.15, 0.2) is 0 Å². The molecule has 0 saturated heterocycles. The fraction of sp³-hybridized carbons (Fsp3) is 0.105. The minimum atomic E-state index is 0.858. The van der Waals surface area contributed by atoms with Crippen molar-refractivity contribution in [3.05, 3.63) is 64.5 Å². The molecule has 0 amide bonds. The molecule has 24 heavy (non-hydrogen) atoms. The first-order valence-corrected chi connectivity index (χ1v) is 9.29. The van der Waals surface area contributed by atoms with E-state index in [9.17, 15) is 0 Å². The van der Waals surface area contributed by atoms with Gasteiger partial charge >= 0.3 is 0 Å². The molecule has 1 aliphatic heterocycles. The van der Waals surface area contributed by atoms with Gasteiger partial charge in [-0.05, 0) is 43.3 Å². The van der Waals surface area contributed by atoms with E-state index in [1.54, 1.807) is 30.2 Å². The number of aromatic nitrogens is 1. The molecule has 1 aliphatic rings. The summed E-state index contributed by atoms with van der Waals surface area (Å²) >= 11 is 3.46.